The molecule has 0 saturated heterocycles. The van der Waals surface area contributed by atoms with Gasteiger partial charge in [0.25, 0.3) is 0 Å². The van der Waals surface area contributed by atoms with Gasteiger partial charge in [0, 0.05) is 43.5 Å². The fourth-order valence-electron chi connectivity index (χ4n) is 4.62. The minimum atomic E-state index is -1.10. The molecule has 170 valence electrons. The van der Waals surface area contributed by atoms with Crippen LogP contribution in [0.1, 0.15) is 58.9 Å². The van der Waals surface area contributed by atoms with E-state index in [2.05, 4.69) is 0 Å². The number of aromatic carboxylic acids is 1. The maximum absolute atomic E-state index is 12.8. The van der Waals surface area contributed by atoms with Crippen molar-refractivity contribution in [2.24, 2.45) is 0 Å². The van der Waals surface area contributed by atoms with Gasteiger partial charge in [0.2, 0.25) is 0 Å². The number of hydrogen-bond acceptors (Lipinski definition) is 6. The van der Waals surface area contributed by atoms with Gasteiger partial charge >= 0.3 is 11.9 Å². The summed E-state index contributed by atoms with van der Waals surface area (Å²) in [4.78, 5) is 37.0. The van der Waals surface area contributed by atoms with E-state index in [0.717, 1.165) is 24.8 Å². The van der Waals surface area contributed by atoms with Crippen LogP contribution in [-0.2, 0) is 21.4 Å². The SMILES string of the molecule is CCOC(=O)c1cn2c(cc1=O)-c1cc(C(=O)O)c(OCCCOC)cc1CC21CCC1. The van der Waals surface area contributed by atoms with E-state index in [1.54, 1.807) is 32.4 Å². The van der Waals surface area contributed by atoms with Crippen molar-refractivity contribution in [3.63, 3.8) is 0 Å². The number of carbonyl (C=O) groups is 2. The zero-order valence-electron chi connectivity index (χ0n) is 18.3. The molecule has 0 radical (unpaired) electrons. The zero-order chi connectivity index (χ0) is 22.9. The highest BCUT2D eigenvalue weighted by molar-refractivity contribution is 5.94. The standard InChI is InChI=1S/C24H27NO7/c1-3-31-23(29)18-14-25-19(12-20(18)26)16-11-17(22(27)28)21(32-9-5-8-30-2)10-15(16)13-24(25)6-4-7-24/h10-12,14H,3-9,13H2,1-2H3,(H,27,28). The first-order valence-corrected chi connectivity index (χ1v) is 10.9. The normalized spacial score (nSPS) is 15.4. The number of nitrogens with zero attached hydrogens (tertiary/aromatic N) is 1. The lowest BCUT2D eigenvalue weighted by atomic mass is 9.69. The van der Waals surface area contributed by atoms with E-state index < -0.39 is 17.4 Å². The van der Waals surface area contributed by atoms with Crippen LogP contribution in [0.2, 0.25) is 0 Å². The first-order chi connectivity index (χ1) is 15.4. The summed E-state index contributed by atoms with van der Waals surface area (Å²) in [6, 6.07) is 4.79. The molecular formula is C24H27NO7. The summed E-state index contributed by atoms with van der Waals surface area (Å²) < 4.78 is 17.9. The van der Waals surface area contributed by atoms with Crippen molar-refractivity contribution in [1.29, 1.82) is 0 Å². The Morgan fingerprint density at radius 3 is 2.56 bits per heavy atom. The van der Waals surface area contributed by atoms with E-state index in [4.69, 9.17) is 14.2 Å². The van der Waals surface area contributed by atoms with Crippen molar-refractivity contribution < 1.29 is 28.9 Å². The summed E-state index contributed by atoms with van der Waals surface area (Å²) in [5.74, 6) is -1.42. The molecule has 0 amide bonds. The van der Waals surface area contributed by atoms with E-state index in [1.807, 2.05) is 4.57 Å². The van der Waals surface area contributed by atoms with Gasteiger partial charge in [0.15, 0.2) is 5.43 Å². The van der Waals surface area contributed by atoms with Gasteiger partial charge in [-0.05, 0) is 50.3 Å². The number of fused-ring (bicyclic) bond motifs is 4. The third-order valence-corrected chi connectivity index (χ3v) is 6.32. The van der Waals surface area contributed by atoms with Gasteiger partial charge in [-0.3, -0.25) is 4.79 Å². The molecule has 1 aliphatic carbocycles. The van der Waals surface area contributed by atoms with E-state index in [9.17, 15) is 19.5 Å². The van der Waals surface area contributed by atoms with E-state index >= 15 is 0 Å². The number of aromatic nitrogens is 1. The molecule has 2 aromatic rings. The molecule has 0 atom stereocenters. The summed E-state index contributed by atoms with van der Waals surface area (Å²) in [6.07, 6.45) is 5.78. The zero-order valence-corrected chi connectivity index (χ0v) is 18.3. The van der Waals surface area contributed by atoms with Crippen LogP contribution in [0.25, 0.3) is 11.3 Å². The number of carbonyl (C=O) groups excluding carboxylic acids is 1. The Bertz CT molecular complexity index is 1110. The molecule has 1 spiro atoms. The highest BCUT2D eigenvalue weighted by Gasteiger charge is 2.44. The van der Waals surface area contributed by atoms with Crippen molar-refractivity contribution in [1.82, 2.24) is 4.57 Å². The van der Waals surface area contributed by atoms with Gasteiger partial charge in [-0.2, -0.15) is 0 Å². The van der Waals surface area contributed by atoms with Crippen LogP contribution in [0.5, 0.6) is 5.75 Å². The maximum atomic E-state index is 12.8. The third-order valence-electron chi connectivity index (χ3n) is 6.32. The van der Waals surface area contributed by atoms with Gasteiger partial charge in [0.05, 0.1) is 18.9 Å². The number of esters is 1. The van der Waals surface area contributed by atoms with Gasteiger partial charge < -0.3 is 23.9 Å². The van der Waals surface area contributed by atoms with E-state index in [0.29, 0.717) is 43.1 Å². The number of benzene rings is 1. The van der Waals surface area contributed by atoms with Gasteiger partial charge in [-0.25, -0.2) is 9.59 Å². The van der Waals surface area contributed by atoms with Crippen LogP contribution in [0.15, 0.2) is 29.2 Å². The lowest BCUT2D eigenvalue weighted by Gasteiger charge is -2.48. The Kier molecular flexibility index (Phi) is 6.06. The summed E-state index contributed by atoms with van der Waals surface area (Å²) in [5, 5.41) is 9.77. The molecule has 1 aromatic heterocycles. The molecule has 2 aliphatic rings. The summed E-state index contributed by atoms with van der Waals surface area (Å²) in [5.41, 5.74) is 1.61. The van der Waals surface area contributed by atoms with Crippen molar-refractivity contribution in [2.75, 3.05) is 26.9 Å². The van der Waals surface area contributed by atoms with Crippen molar-refractivity contribution >= 4 is 11.9 Å². The fourth-order valence-corrected chi connectivity index (χ4v) is 4.62. The number of ether oxygens (including phenoxy) is 3. The lowest BCUT2D eigenvalue weighted by molar-refractivity contribution is 0.0521. The Morgan fingerprint density at radius 1 is 1.16 bits per heavy atom. The summed E-state index contributed by atoms with van der Waals surface area (Å²) in [6.45, 7) is 2.75. The van der Waals surface area contributed by atoms with E-state index in [1.165, 1.54) is 6.07 Å². The van der Waals surface area contributed by atoms with Crippen LogP contribution in [0.4, 0.5) is 0 Å². The Hall–Kier alpha value is -3.13. The number of pyridine rings is 1. The molecule has 4 rings (SSSR count). The maximum Gasteiger partial charge on any atom is 0.343 e. The highest BCUT2D eigenvalue weighted by atomic mass is 16.5. The first-order valence-electron chi connectivity index (χ1n) is 10.9. The molecule has 1 aliphatic heterocycles. The largest absolute Gasteiger partial charge is 0.493 e. The average molecular weight is 441 g/mol. The lowest BCUT2D eigenvalue weighted by Crippen LogP contribution is -2.46. The average Bonchev–Trinajstić information content (AvgIpc) is 2.74. The number of hydrogen-bond donors (Lipinski definition) is 1. The monoisotopic (exact) mass is 441 g/mol. The molecule has 1 aromatic carbocycles. The molecule has 8 nitrogen and oxygen atoms in total. The topological polar surface area (TPSA) is 104 Å². The smallest absolute Gasteiger partial charge is 0.343 e. The van der Waals surface area contributed by atoms with Crippen molar-refractivity contribution in [3.05, 3.63) is 51.3 Å². The third kappa shape index (κ3) is 3.79. The quantitative estimate of drug-likeness (QED) is 0.495. The minimum Gasteiger partial charge on any atom is -0.493 e. The molecule has 32 heavy (non-hydrogen) atoms. The van der Waals surface area contributed by atoms with Crippen LogP contribution in [-0.4, -0.2) is 48.5 Å². The summed E-state index contributed by atoms with van der Waals surface area (Å²) in [7, 11) is 1.60. The van der Waals surface area contributed by atoms with E-state index in [-0.39, 0.29) is 23.3 Å². The van der Waals surface area contributed by atoms with Crippen LogP contribution in [0.3, 0.4) is 0 Å². The van der Waals surface area contributed by atoms with Crippen LogP contribution >= 0.6 is 0 Å². The molecule has 1 N–H and O–H groups in total. The Labute approximate surface area is 185 Å². The number of methoxy groups -OCH3 is 1. The fraction of sp³-hybridized carbons (Fsp3) is 0.458. The minimum absolute atomic E-state index is 0.00174. The Balaban J connectivity index is 1.82. The molecule has 0 unspecified atom stereocenters. The Morgan fingerprint density at radius 2 is 1.94 bits per heavy atom. The van der Waals surface area contributed by atoms with Crippen molar-refractivity contribution in [2.45, 2.75) is 44.6 Å². The molecule has 0 bridgehead atoms. The number of carboxylic acids is 1. The second kappa shape index (κ2) is 8.78. The molecule has 1 fully saturated rings. The van der Waals surface area contributed by atoms with Crippen molar-refractivity contribution in [3.8, 4) is 17.0 Å². The first kappa shape index (κ1) is 22.1. The van der Waals surface area contributed by atoms with Crippen LogP contribution in [0, 0.1) is 0 Å². The second-order valence-corrected chi connectivity index (χ2v) is 8.29. The van der Waals surface area contributed by atoms with Gasteiger partial charge in [-0.15, -0.1) is 0 Å². The second-order valence-electron chi connectivity index (χ2n) is 8.29. The predicted molar refractivity (Wildman–Crippen MR) is 117 cm³/mol. The summed E-state index contributed by atoms with van der Waals surface area (Å²) >= 11 is 0. The van der Waals surface area contributed by atoms with Crippen LogP contribution < -0.4 is 10.2 Å². The highest BCUT2D eigenvalue weighted by Crippen LogP contribution is 2.49. The number of rotatable bonds is 8. The predicted octanol–water partition coefficient (Wildman–Crippen LogP) is 3.24. The number of carboxylic acid groups (broad SMARTS) is 1. The molecule has 8 heteroatoms. The van der Waals surface area contributed by atoms with Gasteiger partial charge in [0.1, 0.15) is 16.9 Å². The molecule has 1 saturated carbocycles. The molecule has 2 heterocycles. The van der Waals surface area contributed by atoms with Gasteiger partial charge in [-0.1, -0.05) is 0 Å². The molecular weight excluding hydrogens is 414 g/mol.